The highest BCUT2D eigenvalue weighted by molar-refractivity contribution is 5.76. The number of rotatable bonds is 14. The molecule has 1 rings (SSSR count). The molecule has 0 unspecified atom stereocenters. The summed E-state index contributed by atoms with van der Waals surface area (Å²) in [6.45, 7) is 3.97. The van der Waals surface area contributed by atoms with Gasteiger partial charge in [0.05, 0.1) is 0 Å². The molecule has 0 radical (unpaired) electrons. The van der Waals surface area contributed by atoms with Crippen molar-refractivity contribution < 1.29 is 4.79 Å². The number of likely N-dealkylation sites (tertiary alicyclic amines) is 1. The topological polar surface area (TPSA) is 46.3 Å². The molecule has 1 fully saturated rings. The fraction of sp³-hybridized carbons (Fsp3) is 0.783. The maximum atomic E-state index is 12.1. The highest BCUT2D eigenvalue weighted by Gasteiger charge is 2.19. The molecule has 0 saturated carbocycles. The van der Waals surface area contributed by atoms with E-state index in [-0.39, 0.29) is 0 Å². The maximum absolute atomic E-state index is 12.1. The summed E-state index contributed by atoms with van der Waals surface area (Å²) in [5.74, 6) is 0.336. The molecule has 3 nitrogen and oxygen atoms in total. The predicted octanol–water partition coefficient (Wildman–Crippen LogP) is 5.75. The number of hydrogen-bond donors (Lipinski definition) is 1. The van der Waals surface area contributed by atoms with E-state index in [1.54, 1.807) is 0 Å². The van der Waals surface area contributed by atoms with Crippen molar-refractivity contribution in [3.63, 3.8) is 0 Å². The first-order chi connectivity index (χ1) is 12.7. The van der Waals surface area contributed by atoms with Gasteiger partial charge in [0.15, 0.2) is 0 Å². The van der Waals surface area contributed by atoms with E-state index in [9.17, 15) is 4.79 Å². The van der Waals surface area contributed by atoms with E-state index in [4.69, 9.17) is 5.73 Å². The molecule has 0 spiro atoms. The minimum absolute atomic E-state index is 0.301. The number of amides is 1. The van der Waals surface area contributed by atoms with Gasteiger partial charge in [0.2, 0.25) is 5.91 Å². The van der Waals surface area contributed by atoms with Crippen molar-refractivity contribution in [3.05, 3.63) is 24.3 Å². The van der Waals surface area contributed by atoms with E-state index in [1.807, 2.05) is 4.90 Å². The SMILES string of the molecule is CCCCC/C=C\C/C=C\CCCCCCCC(=O)N1CCC(N)CC1. The first-order valence-electron chi connectivity index (χ1n) is 11.1. The molecule has 0 bridgehead atoms. The summed E-state index contributed by atoms with van der Waals surface area (Å²) in [6, 6.07) is 0.301. The number of carbonyl (C=O) groups is 1. The highest BCUT2D eigenvalue weighted by atomic mass is 16.2. The Morgan fingerprint density at radius 1 is 0.885 bits per heavy atom. The van der Waals surface area contributed by atoms with Crippen LogP contribution < -0.4 is 5.73 Å². The molecular formula is C23H42N2O. The van der Waals surface area contributed by atoms with Gasteiger partial charge in [0.1, 0.15) is 0 Å². The highest BCUT2D eigenvalue weighted by Crippen LogP contribution is 2.13. The van der Waals surface area contributed by atoms with Crippen molar-refractivity contribution in [3.8, 4) is 0 Å². The second kappa shape index (κ2) is 16.1. The molecule has 3 heteroatoms. The zero-order valence-electron chi connectivity index (χ0n) is 17.1. The lowest BCUT2D eigenvalue weighted by Crippen LogP contribution is -2.42. The Morgan fingerprint density at radius 2 is 1.46 bits per heavy atom. The van der Waals surface area contributed by atoms with Crippen LogP contribution in [0.1, 0.15) is 96.8 Å². The number of allylic oxidation sites excluding steroid dienone is 4. The van der Waals surface area contributed by atoms with Gasteiger partial charge in [-0.2, -0.15) is 0 Å². The van der Waals surface area contributed by atoms with E-state index >= 15 is 0 Å². The lowest BCUT2D eigenvalue weighted by molar-refractivity contribution is -0.132. The van der Waals surface area contributed by atoms with Crippen LogP contribution in [0.25, 0.3) is 0 Å². The molecule has 0 aromatic carbocycles. The van der Waals surface area contributed by atoms with Gasteiger partial charge < -0.3 is 10.6 Å². The third-order valence-corrected chi connectivity index (χ3v) is 5.23. The Bertz CT molecular complexity index is 395. The van der Waals surface area contributed by atoms with E-state index in [2.05, 4.69) is 31.2 Å². The van der Waals surface area contributed by atoms with Gasteiger partial charge in [-0.05, 0) is 51.4 Å². The second-order valence-corrected chi connectivity index (χ2v) is 7.70. The van der Waals surface area contributed by atoms with Crippen LogP contribution in [0.15, 0.2) is 24.3 Å². The lowest BCUT2D eigenvalue weighted by Gasteiger charge is -2.30. The second-order valence-electron chi connectivity index (χ2n) is 7.70. The van der Waals surface area contributed by atoms with Crippen molar-refractivity contribution in [1.29, 1.82) is 0 Å². The lowest BCUT2D eigenvalue weighted by atomic mass is 10.0. The summed E-state index contributed by atoms with van der Waals surface area (Å²) < 4.78 is 0. The van der Waals surface area contributed by atoms with Crippen LogP contribution in [0.2, 0.25) is 0 Å². The van der Waals surface area contributed by atoms with Crippen molar-refractivity contribution in [1.82, 2.24) is 4.90 Å². The average Bonchev–Trinajstić information content (AvgIpc) is 2.65. The first kappa shape index (κ1) is 23.0. The summed E-state index contributed by atoms with van der Waals surface area (Å²) >= 11 is 0. The third-order valence-electron chi connectivity index (χ3n) is 5.23. The molecule has 0 aromatic rings. The van der Waals surface area contributed by atoms with Crippen molar-refractivity contribution in [2.45, 2.75) is 103 Å². The smallest absolute Gasteiger partial charge is 0.222 e. The van der Waals surface area contributed by atoms with Crippen LogP contribution in [0, 0.1) is 0 Å². The van der Waals surface area contributed by atoms with Crippen LogP contribution in [0.3, 0.4) is 0 Å². The number of carbonyl (C=O) groups excluding carboxylic acids is 1. The molecule has 2 N–H and O–H groups in total. The number of piperidine rings is 1. The molecule has 1 saturated heterocycles. The van der Waals surface area contributed by atoms with Gasteiger partial charge in [-0.25, -0.2) is 0 Å². The van der Waals surface area contributed by atoms with Crippen molar-refractivity contribution in [2.75, 3.05) is 13.1 Å². The molecule has 1 aliphatic heterocycles. The van der Waals surface area contributed by atoms with Crippen LogP contribution >= 0.6 is 0 Å². The predicted molar refractivity (Wildman–Crippen MR) is 113 cm³/mol. The Morgan fingerprint density at radius 3 is 2.12 bits per heavy atom. The number of nitrogens with zero attached hydrogens (tertiary/aromatic N) is 1. The monoisotopic (exact) mass is 362 g/mol. The van der Waals surface area contributed by atoms with Crippen LogP contribution in [0.4, 0.5) is 0 Å². The van der Waals surface area contributed by atoms with E-state index < -0.39 is 0 Å². The molecule has 1 heterocycles. The molecule has 1 amide bonds. The van der Waals surface area contributed by atoms with Crippen molar-refractivity contribution in [2.24, 2.45) is 5.73 Å². The third kappa shape index (κ3) is 12.3. The van der Waals surface area contributed by atoms with Gasteiger partial charge in [-0.15, -0.1) is 0 Å². The fourth-order valence-electron chi connectivity index (χ4n) is 3.39. The quantitative estimate of drug-likeness (QED) is 0.316. The Kier molecular flexibility index (Phi) is 14.2. The summed E-state index contributed by atoms with van der Waals surface area (Å²) in [5, 5.41) is 0. The summed E-state index contributed by atoms with van der Waals surface area (Å²) in [4.78, 5) is 14.1. The Hall–Kier alpha value is -1.09. The van der Waals surface area contributed by atoms with Gasteiger partial charge in [-0.3, -0.25) is 4.79 Å². The Labute approximate surface area is 162 Å². The van der Waals surface area contributed by atoms with Crippen molar-refractivity contribution >= 4 is 5.91 Å². The normalized spacial score (nSPS) is 16.2. The summed E-state index contributed by atoms with van der Waals surface area (Å²) in [7, 11) is 0. The first-order valence-corrected chi connectivity index (χ1v) is 11.1. The Balaban J connectivity index is 1.85. The average molecular weight is 363 g/mol. The van der Waals surface area contributed by atoms with E-state index in [1.165, 1.54) is 57.8 Å². The fourth-order valence-corrected chi connectivity index (χ4v) is 3.39. The molecule has 150 valence electrons. The zero-order chi connectivity index (χ0) is 18.9. The van der Waals surface area contributed by atoms with Crippen LogP contribution in [-0.4, -0.2) is 29.9 Å². The maximum Gasteiger partial charge on any atom is 0.222 e. The molecule has 0 aromatic heterocycles. The van der Waals surface area contributed by atoms with E-state index in [0.717, 1.165) is 45.2 Å². The minimum Gasteiger partial charge on any atom is -0.343 e. The summed E-state index contributed by atoms with van der Waals surface area (Å²) in [5.41, 5.74) is 5.89. The van der Waals surface area contributed by atoms with Gasteiger partial charge in [0, 0.05) is 25.6 Å². The molecule has 1 aliphatic rings. The largest absolute Gasteiger partial charge is 0.343 e. The van der Waals surface area contributed by atoms with Gasteiger partial charge in [0.25, 0.3) is 0 Å². The summed E-state index contributed by atoms with van der Waals surface area (Å²) in [6.07, 6.45) is 25.4. The molecular weight excluding hydrogens is 320 g/mol. The minimum atomic E-state index is 0.301. The number of hydrogen-bond acceptors (Lipinski definition) is 2. The zero-order valence-corrected chi connectivity index (χ0v) is 17.1. The molecule has 0 atom stereocenters. The molecule has 26 heavy (non-hydrogen) atoms. The van der Waals surface area contributed by atoms with Gasteiger partial charge >= 0.3 is 0 Å². The standard InChI is InChI=1S/C23H42N2O/c1-2-3-4-5-6-7-8-9-10-11-12-13-14-15-16-17-23(26)25-20-18-22(24)19-21-25/h6-7,9-10,22H,2-5,8,11-21,24H2,1H3/b7-6-,10-9-. The van der Waals surface area contributed by atoms with Crippen LogP contribution in [0.5, 0.6) is 0 Å². The number of unbranched alkanes of at least 4 members (excludes halogenated alkanes) is 8. The van der Waals surface area contributed by atoms with Gasteiger partial charge in [-0.1, -0.05) is 63.3 Å². The van der Waals surface area contributed by atoms with Crippen LogP contribution in [-0.2, 0) is 4.79 Å². The molecule has 0 aliphatic carbocycles. The van der Waals surface area contributed by atoms with E-state index in [0.29, 0.717) is 11.9 Å². The number of nitrogens with two attached hydrogens (primary N) is 1.